The molecular weight excluding hydrogens is 340 g/mol. The largest absolute Gasteiger partial charge is 0.326 e. The zero-order valence-electron chi connectivity index (χ0n) is 13.0. The van der Waals surface area contributed by atoms with Crippen molar-refractivity contribution in [1.82, 2.24) is 4.31 Å². The lowest BCUT2D eigenvalue weighted by molar-refractivity contribution is -0.120. The van der Waals surface area contributed by atoms with Crippen LogP contribution in [0.15, 0.2) is 29.2 Å². The van der Waals surface area contributed by atoms with E-state index < -0.39 is 19.9 Å². The molecule has 128 valence electrons. The minimum absolute atomic E-state index is 0.141. The van der Waals surface area contributed by atoms with Crippen LogP contribution in [0.1, 0.15) is 12.8 Å². The van der Waals surface area contributed by atoms with E-state index in [1.807, 2.05) is 0 Å². The summed E-state index contributed by atoms with van der Waals surface area (Å²) in [6.07, 6.45) is 3.16. The smallest absolute Gasteiger partial charge is 0.227 e. The van der Waals surface area contributed by atoms with Crippen LogP contribution < -0.4 is 5.32 Å². The van der Waals surface area contributed by atoms with Gasteiger partial charge in [0.1, 0.15) is 0 Å². The maximum atomic E-state index is 12.3. The first-order valence-electron chi connectivity index (χ1n) is 7.13. The van der Waals surface area contributed by atoms with Crippen molar-refractivity contribution < 1.29 is 21.6 Å². The standard InChI is InChI=1S/C14H20N2O5S2/c1-22(18,19)13-5-3-4-12(10-13)15-14(17)11-6-8-16(9-7-11)23(2,20)21/h3-5,10-11H,6-9H2,1-2H3,(H,15,17). The van der Waals surface area contributed by atoms with Crippen LogP contribution in [-0.2, 0) is 24.7 Å². The van der Waals surface area contributed by atoms with Crippen LogP contribution in [0.2, 0.25) is 0 Å². The van der Waals surface area contributed by atoms with E-state index in [9.17, 15) is 21.6 Å². The molecule has 1 aliphatic heterocycles. The molecule has 1 aromatic carbocycles. The summed E-state index contributed by atoms with van der Waals surface area (Å²) in [4.78, 5) is 12.4. The highest BCUT2D eigenvalue weighted by Crippen LogP contribution is 2.22. The number of anilines is 1. The normalized spacial score (nSPS) is 17.8. The van der Waals surface area contributed by atoms with Crippen molar-refractivity contribution in [3.8, 4) is 0 Å². The summed E-state index contributed by atoms with van der Waals surface area (Å²) in [5.74, 6) is -0.501. The maximum Gasteiger partial charge on any atom is 0.227 e. The number of sulfonamides is 1. The monoisotopic (exact) mass is 360 g/mol. The molecule has 0 radical (unpaired) electrons. The average Bonchev–Trinajstić information content (AvgIpc) is 2.46. The Kier molecular flexibility index (Phi) is 5.12. The van der Waals surface area contributed by atoms with Crippen molar-refractivity contribution in [2.75, 3.05) is 30.9 Å². The van der Waals surface area contributed by atoms with Gasteiger partial charge in [0.05, 0.1) is 11.2 Å². The number of hydrogen-bond acceptors (Lipinski definition) is 5. The lowest BCUT2D eigenvalue weighted by Crippen LogP contribution is -2.40. The van der Waals surface area contributed by atoms with Crippen LogP contribution in [0.3, 0.4) is 0 Å². The van der Waals surface area contributed by atoms with Crippen LogP contribution >= 0.6 is 0 Å². The van der Waals surface area contributed by atoms with E-state index in [2.05, 4.69) is 5.32 Å². The first-order valence-corrected chi connectivity index (χ1v) is 10.9. The third-order valence-electron chi connectivity index (χ3n) is 3.82. The van der Waals surface area contributed by atoms with Crippen LogP contribution in [0.25, 0.3) is 0 Å². The molecular formula is C14H20N2O5S2. The zero-order valence-corrected chi connectivity index (χ0v) is 14.7. The molecule has 1 aliphatic rings. The molecule has 0 bridgehead atoms. The molecule has 1 fully saturated rings. The number of hydrogen-bond donors (Lipinski definition) is 1. The predicted octanol–water partition coefficient (Wildman–Crippen LogP) is 0.700. The minimum atomic E-state index is -3.33. The number of benzene rings is 1. The van der Waals surface area contributed by atoms with Gasteiger partial charge in [-0.05, 0) is 31.0 Å². The number of piperidine rings is 1. The van der Waals surface area contributed by atoms with E-state index in [0.717, 1.165) is 12.5 Å². The fraction of sp³-hybridized carbons (Fsp3) is 0.500. The molecule has 0 spiro atoms. The van der Waals surface area contributed by atoms with Gasteiger partial charge >= 0.3 is 0 Å². The molecule has 1 amide bonds. The average molecular weight is 360 g/mol. The SMILES string of the molecule is CS(=O)(=O)c1cccc(NC(=O)C2CCN(S(C)(=O)=O)CC2)c1. The van der Waals surface area contributed by atoms with Crippen molar-refractivity contribution in [2.45, 2.75) is 17.7 Å². The van der Waals surface area contributed by atoms with E-state index in [1.54, 1.807) is 12.1 Å². The highest BCUT2D eigenvalue weighted by atomic mass is 32.2. The number of rotatable bonds is 4. The Morgan fingerprint density at radius 3 is 2.26 bits per heavy atom. The highest BCUT2D eigenvalue weighted by Gasteiger charge is 2.29. The Bertz CT molecular complexity index is 794. The summed E-state index contributed by atoms with van der Waals surface area (Å²) in [5.41, 5.74) is 0.420. The van der Waals surface area contributed by atoms with Crippen molar-refractivity contribution >= 4 is 31.5 Å². The van der Waals surface area contributed by atoms with Gasteiger partial charge in [-0.15, -0.1) is 0 Å². The van der Waals surface area contributed by atoms with Gasteiger partial charge in [-0.3, -0.25) is 4.79 Å². The number of nitrogens with one attached hydrogen (secondary N) is 1. The van der Waals surface area contributed by atoms with Gasteiger partial charge in [-0.2, -0.15) is 0 Å². The second kappa shape index (κ2) is 6.58. The second-order valence-corrected chi connectivity index (χ2v) is 9.72. The fourth-order valence-electron chi connectivity index (χ4n) is 2.50. The number of carbonyl (C=O) groups is 1. The molecule has 0 unspecified atom stereocenters. The Balaban J connectivity index is 2.01. The third kappa shape index (κ3) is 4.76. The molecule has 2 rings (SSSR count). The highest BCUT2D eigenvalue weighted by molar-refractivity contribution is 7.90. The number of sulfone groups is 1. The summed E-state index contributed by atoms with van der Waals surface area (Å²) in [5, 5.41) is 2.71. The van der Waals surface area contributed by atoms with E-state index >= 15 is 0 Å². The molecule has 1 aromatic rings. The van der Waals surface area contributed by atoms with E-state index in [0.29, 0.717) is 31.6 Å². The molecule has 0 aromatic heterocycles. The molecule has 0 aliphatic carbocycles. The van der Waals surface area contributed by atoms with E-state index in [4.69, 9.17) is 0 Å². The number of nitrogens with zero attached hydrogens (tertiary/aromatic N) is 1. The lowest BCUT2D eigenvalue weighted by Gasteiger charge is -2.29. The van der Waals surface area contributed by atoms with Crippen molar-refractivity contribution in [2.24, 2.45) is 5.92 Å². The molecule has 9 heteroatoms. The Morgan fingerprint density at radius 1 is 1.13 bits per heavy atom. The summed E-state index contributed by atoms with van der Waals surface area (Å²) < 4.78 is 47.3. The molecule has 1 saturated heterocycles. The number of carbonyl (C=O) groups excluding carboxylic acids is 1. The summed E-state index contributed by atoms with van der Waals surface area (Å²) >= 11 is 0. The summed E-state index contributed by atoms with van der Waals surface area (Å²) in [6, 6.07) is 6.07. The molecule has 7 nitrogen and oxygen atoms in total. The Labute approximate surface area is 136 Å². The molecule has 23 heavy (non-hydrogen) atoms. The minimum Gasteiger partial charge on any atom is -0.326 e. The van der Waals surface area contributed by atoms with E-state index in [-0.39, 0.29) is 16.7 Å². The van der Waals surface area contributed by atoms with Gasteiger partial charge in [0, 0.05) is 31.0 Å². The summed E-state index contributed by atoms with van der Waals surface area (Å²) in [7, 11) is -6.56. The quantitative estimate of drug-likeness (QED) is 0.852. The van der Waals surface area contributed by atoms with Crippen LogP contribution in [0, 0.1) is 5.92 Å². The van der Waals surface area contributed by atoms with Crippen molar-refractivity contribution in [3.63, 3.8) is 0 Å². The summed E-state index contributed by atoms with van der Waals surface area (Å²) in [6.45, 7) is 0.639. The molecule has 0 atom stereocenters. The first kappa shape index (κ1) is 17.9. The topological polar surface area (TPSA) is 101 Å². The fourth-order valence-corrected chi connectivity index (χ4v) is 4.04. The van der Waals surface area contributed by atoms with Gasteiger partial charge in [0.15, 0.2) is 9.84 Å². The molecule has 1 heterocycles. The van der Waals surface area contributed by atoms with Crippen LogP contribution in [-0.4, -0.2) is 52.6 Å². The van der Waals surface area contributed by atoms with E-state index in [1.165, 1.54) is 16.4 Å². The predicted molar refractivity (Wildman–Crippen MR) is 87.3 cm³/mol. The first-order chi connectivity index (χ1) is 10.6. The second-order valence-electron chi connectivity index (χ2n) is 5.73. The Morgan fingerprint density at radius 2 is 1.74 bits per heavy atom. The zero-order chi connectivity index (χ0) is 17.3. The van der Waals surface area contributed by atoms with Gasteiger partial charge in [0.2, 0.25) is 15.9 Å². The lowest BCUT2D eigenvalue weighted by atomic mass is 9.97. The van der Waals surface area contributed by atoms with Crippen molar-refractivity contribution in [1.29, 1.82) is 0 Å². The Hall–Kier alpha value is -1.45. The van der Waals surface area contributed by atoms with Crippen LogP contribution in [0.5, 0.6) is 0 Å². The van der Waals surface area contributed by atoms with Crippen LogP contribution in [0.4, 0.5) is 5.69 Å². The van der Waals surface area contributed by atoms with Gasteiger partial charge in [-0.25, -0.2) is 21.1 Å². The number of amides is 1. The van der Waals surface area contributed by atoms with Gasteiger partial charge < -0.3 is 5.32 Å². The molecule has 0 saturated carbocycles. The van der Waals surface area contributed by atoms with Gasteiger partial charge in [-0.1, -0.05) is 6.07 Å². The van der Waals surface area contributed by atoms with Gasteiger partial charge in [0.25, 0.3) is 0 Å². The molecule has 1 N–H and O–H groups in total. The van der Waals surface area contributed by atoms with Crippen molar-refractivity contribution in [3.05, 3.63) is 24.3 Å². The maximum absolute atomic E-state index is 12.3. The third-order valence-corrected chi connectivity index (χ3v) is 6.24.